The summed E-state index contributed by atoms with van der Waals surface area (Å²) >= 11 is 3.48. The van der Waals surface area contributed by atoms with Crippen LogP contribution in [0.3, 0.4) is 0 Å². The average Bonchev–Trinajstić information content (AvgIpc) is 1.78. The highest BCUT2D eigenvalue weighted by molar-refractivity contribution is 7.92. The quantitative estimate of drug-likeness (QED) is 0.0186. The van der Waals surface area contributed by atoms with Gasteiger partial charge in [0.1, 0.15) is 35.6 Å². The molecule has 0 bridgehead atoms. The molecule has 8 N–H and O–H groups in total. The van der Waals surface area contributed by atoms with Crippen molar-refractivity contribution in [3.05, 3.63) is 229 Å². The predicted octanol–water partition coefficient (Wildman–Crippen LogP) is 10.9. The van der Waals surface area contributed by atoms with Gasteiger partial charge in [-0.2, -0.15) is 12.9 Å². The van der Waals surface area contributed by atoms with Gasteiger partial charge in [-0.1, -0.05) is 42.5 Å². The zero-order valence-corrected chi connectivity index (χ0v) is 63.9. The van der Waals surface area contributed by atoms with E-state index in [0.29, 0.717) is 127 Å². The summed E-state index contributed by atoms with van der Waals surface area (Å²) in [5, 5.41) is 29.6. The Morgan fingerprint density at radius 2 is 0.776 bits per heavy atom. The number of piperidine rings is 3. The highest BCUT2D eigenvalue weighted by atomic mass is 32.3. The van der Waals surface area contributed by atoms with Crippen LogP contribution >= 0.6 is 34.0 Å². The lowest BCUT2D eigenvalue weighted by molar-refractivity contribution is -0.384. The van der Waals surface area contributed by atoms with Crippen LogP contribution in [0.2, 0.25) is 0 Å². The minimum atomic E-state index is -3.65. The number of ether oxygens (including phenoxy) is 4. The molecule has 3 aliphatic rings. The number of thiophene rings is 3. The normalized spacial score (nSPS) is 14.8. The standard InChI is InChI=1S/C25H28N4O5S2.C25H29N3O5S2.C24H26N4O6S2/c1-34-21-7-3-5-18(15-21)25(31)27-16-22-8-9-23(35-22)36(32,33)29-12-10-19(11-13-29)28-20-6-2-4-17(14-20)24(26)30;1-32-20-7-5-6-18(16-20)25(29)26-17-21-10-11-24(34-21)35(30,31)28-14-12-19(13-15-28)27-22-8-3-4-9-23(22)33-2;1-34-21-7-2-4-17(14-21)24(29)25-16-22-8-9-23(35-22)36(32,33)27-12-10-18(11-13-27)26-19-5-3-6-20(15-19)28(30)31/h2-9,14-15,19,28H,10-13,16H2,1H3,(H2,26,30)(H,27,31);3-11,16,19,27H,12-15,17H2,1-2H3,(H,26,29);2-9,14-15,18,26H,10-13,16H2,1H3,(H,25,29). The van der Waals surface area contributed by atoms with Crippen molar-refractivity contribution in [2.24, 2.45) is 5.73 Å². The smallest absolute Gasteiger partial charge is 0.271 e. The van der Waals surface area contributed by atoms with Crippen molar-refractivity contribution in [3.63, 3.8) is 0 Å². The fourth-order valence-electron chi connectivity index (χ4n) is 11.9. The van der Waals surface area contributed by atoms with Crippen LogP contribution in [0.15, 0.2) is 195 Å². The summed E-state index contributed by atoms with van der Waals surface area (Å²) in [6.07, 6.45) is 3.83. The van der Waals surface area contributed by atoms with Gasteiger partial charge in [-0.3, -0.25) is 29.3 Å². The van der Waals surface area contributed by atoms with Crippen LogP contribution in [0.4, 0.5) is 22.7 Å². The molecule has 6 heterocycles. The zero-order chi connectivity index (χ0) is 76.3. The van der Waals surface area contributed by atoms with E-state index in [-0.39, 0.29) is 69.6 Å². The van der Waals surface area contributed by atoms with Crippen LogP contribution < -0.4 is 56.6 Å². The second kappa shape index (κ2) is 37.0. The van der Waals surface area contributed by atoms with Crippen molar-refractivity contribution in [3.8, 4) is 23.0 Å². The van der Waals surface area contributed by atoms with E-state index >= 15 is 0 Å². The maximum absolute atomic E-state index is 13.2. The molecule has 0 atom stereocenters. The van der Waals surface area contributed by atoms with E-state index in [0.717, 1.165) is 54.4 Å². The highest BCUT2D eigenvalue weighted by Crippen LogP contribution is 2.34. The van der Waals surface area contributed by atoms with E-state index in [1.807, 2.05) is 30.3 Å². The summed E-state index contributed by atoms with van der Waals surface area (Å²) in [5.74, 6) is 1.27. The van der Waals surface area contributed by atoms with E-state index < -0.39 is 40.9 Å². The third-order valence-corrected chi connectivity index (χ3v) is 28.1. The molecule has 566 valence electrons. The minimum Gasteiger partial charge on any atom is -0.497 e. The number of nitro groups is 1. The van der Waals surface area contributed by atoms with Gasteiger partial charge in [0.2, 0.25) is 5.91 Å². The lowest BCUT2D eigenvalue weighted by atomic mass is 10.1. The molecule has 27 nitrogen and oxygen atoms in total. The molecule has 4 amide bonds. The zero-order valence-electron chi connectivity index (χ0n) is 59.0. The first-order valence-electron chi connectivity index (χ1n) is 34.0. The number of sulfonamides is 3. The molecular formula is C74H83N11O16S6. The molecule has 6 aromatic carbocycles. The SMILES string of the molecule is COc1cccc(C(=O)NCc2ccc(S(=O)(=O)N3CCC(Nc4cccc(C(N)=O)c4)CC3)s2)c1.COc1cccc(C(=O)NCc2ccc(S(=O)(=O)N3CCC(Nc4cccc([N+](=O)[O-])c4)CC3)s2)c1.COc1cccc(C(=O)NCc2ccc(S(=O)(=O)N3CCC(Nc4ccccc4OC)CC3)s2)c1. The second-order valence-corrected chi connectivity index (χ2v) is 34.8. The van der Waals surface area contributed by atoms with E-state index in [9.17, 15) is 54.5 Å². The first kappa shape index (κ1) is 79.6. The van der Waals surface area contributed by atoms with E-state index in [1.54, 1.807) is 154 Å². The number of anilines is 3. The van der Waals surface area contributed by atoms with Crippen LogP contribution in [0.5, 0.6) is 23.0 Å². The van der Waals surface area contributed by atoms with Gasteiger partial charge in [0, 0.05) is 118 Å². The lowest BCUT2D eigenvalue weighted by Gasteiger charge is -2.32. The number of para-hydroxylation sites is 2. The van der Waals surface area contributed by atoms with Gasteiger partial charge in [0.25, 0.3) is 53.5 Å². The molecule has 0 saturated carbocycles. The summed E-state index contributed by atoms with van der Waals surface area (Å²) in [6.45, 7) is 3.02. The Bertz CT molecular complexity index is 4730. The maximum atomic E-state index is 13.2. The molecule has 0 spiro atoms. The summed E-state index contributed by atoms with van der Waals surface area (Å²) in [6, 6.07) is 51.7. The molecule has 3 aromatic heterocycles. The molecule has 33 heteroatoms. The number of nitrogens with zero attached hydrogens (tertiary/aromatic N) is 4. The van der Waals surface area contributed by atoms with Gasteiger partial charge in [0.05, 0.1) is 58.7 Å². The maximum Gasteiger partial charge on any atom is 0.271 e. The Labute approximate surface area is 633 Å². The van der Waals surface area contributed by atoms with Gasteiger partial charge in [0.15, 0.2) is 0 Å². The van der Waals surface area contributed by atoms with Crippen LogP contribution in [0.1, 0.15) is 94.6 Å². The van der Waals surface area contributed by atoms with Crippen molar-refractivity contribution in [1.29, 1.82) is 0 Å². The molecule has 9 aromatic rings. The summed E-state index contributed by atoms with van der Waals surface area (Å²) in [5.41, 5.74) is 9.53. The van der Waals surface area contributed by atoms with Crippen LogP contribution in [0, 0.1) is 10.1 Å². The first-order chi connectivity index (χ1) is 51.4. The van der Waals surface area contributed by atoms with Crippen LogP contribution in [-0.4, -0.2) is 153 Å². The Hall–Kier alpha value is -9.97. The predicted molar refractivity (Wildman–Crippen MR) is 413 cm³/mol. The number of nitro benzene ring substituents is 1. The molecule has 3 aliphatic heterocycles. The molecule has 107 heavy (non-hydrogen) atoms. The fraction of sp³-hybridized carbons (Fsp3) is 0.297. The van der Waals surface area contributed by atoms with Crippen molar-refractivity contribution in [1.82, 2.24) is 28.9 Å². The number of amides is 4. The van der Waals surface area contributed by atoms with E-state index in [2.05, 4.69) is 31.9 Å². The topological polar surface area (TPSA) is 359 Å². The molecule has 3 fully saturated rings. The van der Waals surface area contributed by atoms with Gasteiger partial charge >= 0.3 is 0 Å². The number of non-ortho nitro benzene ring substituents is 1. The third-order valence-electron chi connectivity index (χ3n) is 17.7. The number of rotatable bonds is 27. The Morgan fingerprint density at radius 1 is 0.430 bits per heavy atom. The van der Waals surface area contributed by atoms with Crippen molar-refractivity contribution < 1.29 is 68.3 Å². The van der Waals surface area contributed by atoms with Crippen molar-refractivity contribution in [2.75, 3.05) is 83.7 Å². The Morgan fingerprint density at radius 3 is 1.14 bits per heavy atom. The summed E-state index contributed by atoms with van der Waals surface area (Å²) < 4.78 is 105. The van der Waals surface area contributed by atoms with Crippen molar-refractivity contribution in [2.45, 2.75) is 88.9 Å². The highest BCUT2D eigenvalue weighted by Gasteiger charge is 2.34. The van der Waals surface area contributed by atoms with Crippen LogP contribution in [-0.2, 0) is 49.7 Å². The number of benzene rings is 6. The molecule has 0 unspecified atom stereocenters. The lowest BCUT2D eigenvalue weighted by Crippen LogP contribution is -2.42. The average molecular weight is 1570 g/mol. The van der Waals surface area contributed by atoms with E-state index in [4.69, 9.17) is 24.7 Å². The number of hydrogen-bond acceptors (Lipinski definition) is 22. The van der Waals surface area contributed by atoms with Gasteiger partial charge in [-0.05, 0) is 166 Å². The molecule has 3 saturated heterocycles. The van der Waals surface area contributed by atoms with Gasteiger partial charge < -0.3 is 56.6 Å². The van der Waals surface area contributed by atoms with Crippen LogP contribution in [0.25, 0.3) is 0 Å². The number of methoxy groups -OCH3 is 4. The molecular weight excluding hydrogens is 1490 g/mol. The number of hydrogen-bond donors (Lipinski definition) is 7. The number of nitrogens with one attached hydrogen (secondary N) is 6. The fourth-order valence-corrected chi connectivity index (χ4v) is 20.7. The summed E-state index contributed by atoms with van der Waals surface area (Å²) in [7, 11) is -4.61. The third kappa shape index (κ3) is 21.4. The number of primary amides is 1. The number of nitrogens with two attached hydrogens (primary N) is 1. The van der Waals surface area contributed by atoms with E-state index in [1.165, 1.54) is 50.6 Å². The Kier molecular flexibility index (Phi) is 27.5. The van der Waals surface area contributed by atoms with Gasteiger partial charge in [-0.25, -0.2) is 25.3 Å². The number of carbonyl (C=O) groups is 4. The minimum absolute atomic E-state index is 0.00759. The largest absolute Gasteiger partial charge is 0.497 e. The molecule has 12 rings (SSSR count). The molecule has 0 aliphatic carbocycles. The van der Waals surface area contributed by atoms with Crippen molar-refractivity contribution >= 4 is 110 Å². The first-order valence-corrected chi connectivity index (χ1v) is 40.8. The monoisotopic (exact) mass is 1570 g/mol. The number of carbonyl (C=O) groups excluding carboxylic acids is 4. The second-order valence-electron chi connectivity index (χ2n) is 24.8. The molecule has 0 radical (unpaired) electrons. The van der Waals surface area contributed by atoms with Gasteiger partial charge in [-0.15, -0.1) is 34.0 Å². The summed E-state index contributed by atoms with van der Waals surface area (Å²) in [4.78, 5) is 61.5. The Balaban J connectivity index is 0.000000172.